The minimum atomic E-state index is -0.588. The quantitative estimate of drug-likeness (QED) is 0.256. The number of carbonyl (C=O) groups is 1. The van der Waals surface area contributed by atoms with Gasteiger partial charge in [-0.2, -0.15) is 5.26 Å². The first-order valence-electron chi connectivity index (χ1n) is 9.67. The normalized spacial score (nSPS) is 11.0. The number of hydrogen-bond acceptors (Lipinski definition) is 4. The Bertz CT molecular complexity index is 937. The van der Waals surface area contributed by atoms with Gasteiger partial charge in [-0.25, -0.2) is 4.39 Å². The monoisotopic (exact) mass is 474 g/mol. The number of halogens is 2. The Morgan fingerprint density at radius 1 is 1.23 bits per heavy atom. The zero-order valence-electron chi connectivity index (χ0n) is 17.0. The average Bonchev–Trinajstić information content (AvgIpc) is 2.74. The first-order chi connectivity index (χ1) is 14.5. The Morgan fingerprint density at radius 3 is 2.60 bits per heavy atom. The van der Waals surface area contributed by atoms with E-state index in [1.807, 2.05) is 6.07 Å². The third kappa shape index (κ3) is 6.89. The number of hydrogen-bond donors (Lipinski definition) is 1. The van der Waals surface area contributed by atoms with Crippen molar-refractivity contribution in [1.82, 2.24) is 0 Å². The third-order valence-corrected chi connectivity index (χ3v) is 4.86. The number of nitrogens with zero attached hydrogens (tertiary/aromatic N) is 1. The van der Waals surface area contributed by atoms with Gasteiger partial charge in [0.1, 0.15) is 17.5 Å². The minimum Gasteiger partial charge on any atom is -0.493 e. The summed E-state index contributed by atoms with van der Waals surface area (Å²) in [5.41, 5.74) is 0.900. The molecule has 0 radical (unpaired) electrons. The number of ether oxygens (including phenoxy) is 2. The summed E-state index contributed by atoms with van der Waals surface area (Å²) in [4.78, 5) is 12.4. The molecular formula is C23H24BrFN2O3. The van der Waals surface area contributed by atoms with E-state index in [2.05, 4.69) is 28.2 Å². The zero-order valence-corrected chi connectivity index (χ0v) is 18.6. The predicted octanol–water partition coefficient (Wildman–Crippen LogP) is 6.10. The summed E-state index contributed by atoms with van der Waals surface area (Å²) in [7, 11) is 1.53. The largest absolute Gasteiger partial charge is 0.493 e. The number of amides is 1. The van der Waals surface area contributed by atoms with E-state index in [9.17, 15) is 14.4 Å². The van der Waals surface area contributed by atoms with Crippen LogP contribution in [0.25, 0.3) is 6.08 Å². The summed E-state index contributed by atoms with van der Waals surface area (Å²) < 4.78 is 25.0. The highest BCUT2D eigenvalue weighted by Gasteiger charge is 2.14. The smallest absolute Gasteiger partial charge is 0.266 e. The van der Waals surface area contributed by atoms with Crippen LogP contribution in [0.3, 0.4) is 0 Å². The molecule has 0 saturated carbocycles. The van der Waals surface area contributed by atoms with Gasteiger partial charge < -0.3 is 14.8 Å². The maximum Gasteiger partial charge on any atom is 0.266 e. The van der Waals surface area contributed by atoms with Crippen molar-refractivity contribution in [1.29, 1.82) is 5.26 Å². The number of unbranched alkanes of at least 4 members (excludes halogenated alkanes) is 3. The van der Waals surface area contributed by atoms with Crippen molar-refractivity contribution in [2.45, 2.75) is 32.6 Å². The zero-order chi connectivity index (χ0) is 21.9. The fraction of sp³-hybridized carbons (Fsp3) is 0.304. The van der Waals surface area contributed by atoms with Crippen LogP contribution in [0, 0.1) is 17.1 Å². The predicted molar refractivity (Wildman–Crippen MR) is 119 cm³/mol. The van der Waals surface area contributed by atoms with E-state index >= 15 is 0 Å². The first kappa shape index (κ1) is 23.4. The summed E-state index contributed by atoms with van der Waals surface area (Å²) in [6.07, 6.45) is 5.84. The number of nitriles is 1. The Balaban J connectivity index is 2.16. The van der Waals surface area contributed by atoms with E-state index in [-0.39, 0.29) is 5.57 Å². The second-order valence-electron chi connectivity index (χ2n) is 6.57. The summed E-state index contributed by atoms with van der Waals surface area (Å²) >= 11 is 3.48. The second kappa shape index (κ2) is 12.0. The molecule has 0 aromatic heterocycles. The topological polar surface area (TPSA) is 71.3 Å². The van der Waals surface area contributed by atoms with Crippen molar-refractivity contribution < 1.29 is 18.7 Å². The van der Waals surface area contributed by atoms with Crippen molar-refractivity contribution >= 4 is 33.6 Å². The highest BCUT2D eigenvalue weighted by Crippen LogP contribution is 2.37. The van der Waals surface area contributed by atoms with Crippen LogP contribution < -0.4 is 14.8 Å². The highest BCUT2D eigenvalue weighted by molar-refractivity contribution is 9.10. The molecule has 0 atom stereocenters. The summed E-state index contributed by atoms with van der Waals surface area (Å²) in [5.74, 6) is 0.0897. The number of methoxy groups -OCH3 is 1. The van der Waals surface area contributed by atoms with E-state index in [1.165, 1.54) is 43.9 Å². The van der Waals surface area contributed by atoms with Crippen LogP contribution in [0.4, 0.5) is 10.1 Å². The van der Waals surface area contributed by atoms with E-state index in [1.54, 1.807) is 12.1 Å². The second-order valence-corrected chi connectivity index (χ2v) is 7.43. The van der Waals surface area contributed by atoms with Gasteiger partial charge in [0.05, 0.1) is 18.2 Å². The SMILES string of the molecule is CCCCCCOc1c(Br)cc(/C=C(\C#N)C(=O)Nc2ccc(F)cc2)cc1OC. The maximum atomic E-state index is 13.0. The molecule has 7 heteroatoms. The van der Waals surface area contributed by atoms with Gasteiger partial charge in [-0.05, 0) is 70.4 Å². The molecular weight excluding hydrogens is 451 g/mol. The molecule has 0 bridgehead atoms. The molecule has 0 saturated heterocycles. The summed E-state index contributed by atoms with van der Waals surface area (Å²) in [6, 6.07) is 10.7. The van der Waals surface area contributed by atoms with Crippen molar-refractivity contribution in [2.24, 2.45) is 0 Å². The number of carbonyl (C=O) groups excluding carboxylic acids is 1. The molecule has 0 aliphatic carbocycles. The average molecular weight is 475 g/mol. The molecule has 1 amide bonds. The lowest BCUT2D eigenvalue weighted by atomic mass is 10.1. The molecule has 0 heterocycles. The summed E-state index contributed by atoms with van der Waals surface area (Å²) in [5, 5.41) is 12.0. The molecule has 0 fully saturated rings. The van der Waals surface area contributed by atoms with Crippen molar-refractivity contribution in [2.75, 3.05) is 19.0 Å². The molecule has 5 nitrogen and oxygen atoms in total. The Hall–Kier alpha value is -2.85. The number of rotatable bonds is 10. The Labute approximate surface area is 184 Å². The van der Waals surface area contributed by atoms with Gasteiger partial charge in [0.2, 0.25) is 0 Å². The van der Waals surface area contributed by atoms with Crippen LogP contribution in [0.2, 0.25) is 0 Å². The van der Waals surface area contributed by atoms with Crippen molar-refractivity contribution in [3.05, 3.63) is 57.8 Å². The van der Waals surface area contributed by atoms with Gasteiger partial charge in [-0.3, -0.25) is 4.79 Å². The molecule has 1 N–H and O–H groups in total. The van der Waals surface area contributed by atoms with Gasteiger partial charge in [-0.15, -0.1) is 0 Å². The van der Waals surface area contributed by atoms with Crippen molar-refractivity contribution in [3.8, 4) is 17.6 Å². The fourth-order valence-electron chi connectivity index (χ4n) is 2.71. The minimum absolute atomic E-state index is 0.0958. The lowest BCUT2D eigenvalue weighted by Gasteiger charge is -2.13. The number of anilines is 1. The van der Waals surface area contributed by atoms with Crippen molar-refractivity contribution in [3.63, 3.8) is 0 Å². The van der Waals surface area contributed by atoms with Crippen LogP contribution in [0.15, 0.2) is 46.4 Å². The van der Waals surface area contributed by atoms with E-state index in [0.29, 0.717) is 33.8 Å². The van der Waals surface area contributed by atoms with Gasteiger partial charge in [0.25, 0.3) is 5.91 Å². The molecule has 0 aliphatic heterocycles. The number of nitrogens with one attached hydrogen (secondary N) is 1. The lowest BCUT2D eigenvalue weighted by molar-refractivity contribution is -0.112. The molecule has 0 aliphatic rings. The molecule has 2 aromatic carbocycles. The third-order valence-electron chi connectivity index (χ3n) is 4.27. The van der Waals surface area contributed by atoms with E-state index in [4.69, 9.17) is 9.47 Å². The maximum absolute atomic E-state index is 13.0. The first-order valence-corrected chi connectivity index (χ1v) is 10.5. The Kier molecular flexibility index (Phi) is 9.36. The van der Waals surface area contributed by atoms with E-state index < -0.39 is 11.7 Å². The molecule has 0 spiro atoms. The summed E-state index contributed by atoms with van der Waals surface area (Å²) in [6.45, 7) is 2.73. The van der Waals surface area contributed by atoms with Gasteiger partial charge in [0, 0.05) is 5.69 Å². The standard InChI is InChI=1S/C23H24BrFN2O3/c1-3-4-5-6-11-30-22-20(24)13-16(14-21(22)29-2)12-17(15-26)23(28)27-19-9-7-18(25)8-10-19/h7-10,12-14H,3-6,11H2,1-2H3,(H,27,28)/b17-12+. The molecule has 2 aromatic rings. The van der Waals surface area contributed by atoms with Crippen LogP contribution in [-0.4, -0.2) is 19.6 Å². The van der Waals surface area contributed by atoms with Crippen LogP contribution in [-0.2, 0) is 4.79 Å². The van der Waals surface area contributed by atoms with Crippen LogP contribution in [0.1, 0.15) is 38.2 Å². The number of benzene rings is 2. The van der Waals surface area contributed by atoms with Gasteiger partial charge in [0.15, 0.2) is 11.5 Å². The van der Waals surface area contributed by atoms with Gasteiger partial charge in [-0.1, -0.05) is 26.2 Å². The van der Waals surface area contributed by atoms with E-state index in [0.717, 1.165) is 19.3 Å². The Morgan fingerprint density at radius 2 is 1.97 bits per heavy atom. The molecule has 0 unspecified atom stereocenters. The molecule has 158 valence electrons. The fourth-order valence-corrected chi connectivity index (χ4v) is 3.29. The van der Waals surface area contributed by atoms with Crippen LogP contribution >= 0.6 is 15.9 Å². The van der Waals surface area contributed by atoms with Gasteiger partial charge >= 0.3 is 0 Å². The molecule has 30 heavy (non-hydrogen) atoms. The highest BCUT2D eigenvalue weighted by atomic mass is 79.9. The lowest BCUT2D eigenvalue weighted by Crippen LogP contribution is -2.13. The van der Waals surface area contributed by atoms with Crippen LogP contribution in [0.5, 0.6) is 11.5 Å². The molecule has 2 rings (SSSR count).